The van der Waals surface area contributed by atoms with Crippen molar-refractivity contribution in [1.82, 2.24) is 16.0 Å². The third kappa shape index (κ3) is 7.30. The zero-order chi connectivity index (χ0) is 23.7. The Morgan fingerprint density at radius 1 is 0.875 bits per heavy atom. The highest BCUT2D eigenvalue weighted by Crippen LogP contribution is 2.08. The second kappa shape index (κ2) is 11.7. The fourth-order valence-electron chi connectivity index (χ4n) is 2.92. The van der Waals surface area contributed by atoms with Gasteiger partial charge in [0.05, 0.1) is 6.04 Å². The number of nitrogens with one attached hydrogen (secondary N) is 3. The van der Waals surface area contributed by atoms with Gasteiger partial charge in [-0.25, -0.2) is 4.39 Å². The van der Waals surface area contributed by atoms with E-state index in [9.17, 15) is 23.6 Å². The number of amides is 3. The summed E-state index contributed by atoms with van der Waals surface area (Å²) < 4.78 is 13.2. The van der Waals surface area contributed by atoms with E-state index in [1.807, 2.05) is 0 Å². The number of rotatable bonds is 10. The molecular formula is C24H28FN3O4. The molecule has 0 bridgehead atoms. The lowest BCUT2D eigenvalue weighted by Gasteiger charge is -2.23. The molecule has 2 aromatic rings. The van der Waals surface area contributed by atoms with Crippen LogP contribution in [0.4, 0.5) is 4.39 Å². The van der Waals surface area contributed by atoms with Gasteiger partial charge in [0, 0.05) is 12.0 Å². The van der Waals surface area contributed by atoms with Crippen molar-refractivity contribution in [3.05, 3.63) is 71.5 Å². The van der Waals surface area contributed by atoms with Crippen LogP contribution in [0.25, 0.3) is 0 Å². The zero-order valence-electron chi connectivity index (χ0n) is 18.3. The number of halogens is 1. The number of hydrogen-bond acceptors (Lipinski definition) is 4. The molecule has 2 aromatic carbocycles. The fourth-order valence-corrected chi connectivity index (χ4v) is 2.92. The molecule has 0 aliphatic rings. The molecular weight excluding hydrogens is 413 g/mol. The number of benzene rings is 2. The molecule has 170 valence electrons. The van der Waals surface area contributed by atoms with Crippen molar-refractivity contribution >= 4 is 24.0 Å². The van der Waals surface area contributed by atoms with Crippen LogP contribution in [-0.2, 0) is 20.8 Å². The van der Waals surface area contributed by atoms with Crippen LogP contribution in [0.2, 0.25) is 0 Å². The van der Waals surface area contributed by atoms with Gasteiger partial charge in [-0.15, -0.1) is 0 Å². The molecule has 0 spiro atoms. The third-order valence-corrected chi connectivity index (χ3v) is 4.94. The van der Waals surface area contributed by atoms with Gasteiger partial charge in [-0.2, -0.15) is 0 Å². The predicted molar refractivity (Wildman–Crippen MR) is 118 cm³/mol. The highest BCUT2D eigenvalue weighted by molar-refractivity contribution is 5.98. The maximum atomic E-state index is 13.2. The van der Waals surface area contributed by atoms with E-state index in [0.29, 0.717) is 17.4 Å². The quantitative estimate of drug-likeness (QED) is 0.491. The molecule has 32 heavy (non-hydrogen) atoms. The van der Waals surface area contributed by atoms with Gasteiger partial charge in [-0.1, -0.05) is 44.2 Å². The minimum absolute atomic E-state index is 0.0992. The Morgan fingerprint density at radius 2 is 1.50 bits per heavy atom. The molecule has 0 saturated heterocycles. The molecule has 7 nitrogen and oxygen atoms in total. The van der Waals surface area contributed by atoms with Gasteiger partial charge in [0.1, 0.15) is 24.2 Å². The van der Waals surface area contributed by atoms with Crippen molar-refractivity contribution in [1.29, 1.82) is 0 Å². The Kier molecular flexibility index (Phi) is 9.07. The monoisotopic (exact) mass is 441 g/mol. The lowest BCUT2D eigenvalue weighted by Crippen LogP contribution is -2.55. The molecule has 2 rings (SSSR count). The van der Waals surface area contributed by atoms with Gasteiger partial charge >= 0.3 is 0 Å². The lowest BCUT2D eigenvalue weighted by atomic mass is 10.0. The topological polar surface area (TPSA) is 104 Å². The van der Waals surface area contributed by atoms with E-state index in [2.05, 4.69) is 16.0 Å². The van der Waals surface area contributed by atoms with E-state index >= 15 is 0 Å². The van der Waals surface area contributed by atoms with Gasteiger partial charge in [0.25, 0.3) is 5.91 Å². The molecule has 0 radical (unpaired) electrons. The standard InChI is InChI=1S/C24H28FN3O4/c1-15(2)21(14-29)28-22(30)16(3)26-24(32)20(13-17-9-11-19(25)12-10-17)27-23(31)18-7-5-4-6-8-18/h4-12,14-16,20-21H,13H2,1-3H3,(H,26,32)(H,27,31)(H,28,30). The summed E-state index contributed by atoms with van der Waals surface area (Å²) in [7, 11) is 0. The van der Waals surface area contributed by atoms with E-state index in [4.69, 9.17) is 0 Å². The normalized spacial score (nSPS) is 13.5. The highest BCUT2D eigenvalue weighted by Gasteiger charge is 2.26. The zero-order valence-corrected chi connectivity index (χ0v) is 18.3. The molecule has 3 unspecified atom stereocenters. The van der Waals surface area contributed by atoms with E-state index in [0.717, 1.165) is 0 Å². The summed E-state index contributed by atoms with van der Waals surface area (Å²) in [6.45, 7) is 5.07. The summed E-state index contributed by atoms with van der Waals surface area (Å²) in [5.41, 5.74) is 1.01. The van der Waals surface area contributed by atoms with E-state index < -0.39 is 41.7 Å². The van der Waals surface area contributed by atoms with E-state index in [-0.39, 0.29) is 12.3 Å². The van der Waals surface area contributed by atoms with Gasteiger partial charge in [0.2, 0.25) is 11.8 Å². The largest absolute Gasteiger partial charge is 0.345 e. The SMILES string of the molecule is CC(NC(=O)C(Cc1ccc(F)cc1)NC(=O)c1ccccc1)C(=O)NC(C=O)C(C)C. The minimum atomic E-state index is -1.00. The van der Waals surface area contributed by atoms with Crippen LogP contribution in [0.1, 0.15) is 36.7 Å². The molecule has 0 aliphatic heterocycles. The Balaban J connectivity index is 2.13. The molecule has 3 atom stereocenters. The molecule has 0 aliphatic carbocycles. The predicted octanol–water partition coefficient (Wildman–Crippen LogP) is 2.01. The van der Waals surface area contributed by atoms with Gasteiger partial charge in [-0.3, -0.25) is 14.4 Å². The van der Waals surface area contributed by atoms with Crippen molar-refractivity contribution in [2.75, 3.05) is 0 Å². The number of aldehydes is 1. The van der Waals surface area contributed by atoms with Crippen LogP contribution in [0, 0.1) is 11.7 Å². The first kappa shape index (κ1) is 24.7. The van der Waals surface area contributed by atoms with Crippen LogP contribution in [0.15, 0.2) is 54.6 Å². The first-order chi connectivity index (χ1) is 15.2. The summed E-state index contributed by atoms with van der Waals surface area (Å²) in [6.07, 6.45) is 0.747. The van der Waals surface area contributed by atoms with E-state index in [1.54, 1.807) is 44.2 Å². The van der Waals surface area contributed by atoms with Crippen molar-refractivity contribution in [3.63, 3.8) is 0 Å². The van der Waals surface area contributed by atoms with Crippen LogP contribution in [0.5, 0.6) is 0 Å². The smallest absolute Gasteiger partial charge is 0.251 e. The maximum absolute atomic E-state index is 13.2. The Bertz CT molecular complexity index is 932. The molecule has 0 saturated carbocycles. The average Bonchev–Trinajstić information content (AvgIpc) is 2.78. The van der Waals surface area contributed by atoms with Crippen LogP contribution in [-0.4, -0.2) is 42.1 Å². The summed E-state index contributed by atoms with van der Waals surface area (Å²) >= 11 is 0. The van der Waals surface area contributed by atoms with Crippen LogP contribution < -0.4 is 16.0 Å². The second-order valence-corrected chi connectivity index (χ2v) is 7.87. The maximum Gasteiger partial charge on any atom is 0.251 e. The first-order valence-corrected chi connectivity index (χ1v) is 10.4. The number of carbonyl (C=O) groups is 4. The summed E-state index contributed by atoms with van der Waals surface area (Å²) in [6, 6.07) is 11.4. The minimum Gasteiger partial charge on any atom is -0.345 e. The molecule has 8 heteroatoms. The Morgan fingerprint density at radius 3 is 2.06 bits per heavy atom. The number of carbonyl (C=O) groups excluding carboxylic acids is 4. The molecule has 0 fully saturated rings. The third-order valence-electron chi connectivity index (χ3n) is 4.94. The Labute approximate surface area is 186 Å². The summed E-state index contributed by atoms with van der Waals surface area (Å²) in [4.78, 5) is 49.1. The van der Waals surface area contributed by atoms with Crippen LogP contribution >= 0.6 is 0 Å². The van der Waals surface area contributed by atoms with Crippen molar-refractivity contribution < 1.29 is 23.6 Å². The van der Waals surface area contributed by atoms with Gasteiger partial charge in [0.15, 0.2) is 0 Å². The average molecular weight is 442 g/mol. The Hall–Kier alpha value is -3.55. The summed E-state index contributed by atoms with van der Waals surface area (Å²) in [5, 5.41) is 7.84. The lowest BCUT2D eigenvalue weighted by molar-refractivity contribution is -0.130. The van der Waals surface area contributed by atoms with Gasteiger partial charge in [-0.05, 0) is 42.7 Å². The molecule has 3 N–H and O–H groups in total. The molecule has 3 amide bonds. The first-order valence-electron chi connectivity index (χ1n) is 10.4. The van der Waals surface area contributed by atoms with Crippen molar-refractivity contribution in [2.45, 2.75) is 45.3 Å². The van der Waals surface area contributed by atoms with Crippen molar-refractivity contribution in [3.8, 4) is 0 Å². The highest BCUT2D eigenvalue weighted by atomic mass is 19.1. The molecule has 0 aromatic heterocycles. The fraction of sp³-hybridized carbons (Fsp3) is 0.333. The van der Waals surface area contributed by atoms with Crippen LogP contribution in [0.3, 0.4) is 0 Å². The van der Waals surface area contributed by atoms with Crippen molar-refractivity contribution in [2.24, 2.45) is 5.92 Å². The summed E-state index contributed by atoms with van der Waals surface area (Å²) in [5.74, 6) is -2.06. The molecule has 0 heterocycles. The van der Waals surface area contributed by atoms with E-state index in [1.165, 1.54) is 31.2 Å². The second-order valence-electron chi connectivity index (χ2n) is 7.87. The van der Waals surface area contributed by atoms with Gasteiger partial charge < -0.3 is 20.7 Å². The number of hydrogen-bond donors (Lipinski definition) is 3.